The van der Waals surface area contributed by atoms with Crippen molar-refractivity contribution in [3.63, 3.8) is 0 Å². The van der Waals surface area contributed by atoms with Crippen LogP contribution >= 0.6 is 0 Å². The zero-order valence-electron chi connectivity index (χ0n) is 10.9. The molecular formula is C13H27NO2. The average molecular weight is 229 g/mol. The van der Waals surface area contributed by atoms with Crippen molar-refractivity contribution in [1.82, 2.24) is 4.90 Å². The summed E-state index contributed by atoms with van der Waals surface area (Å²) in [6, 6.07) is 0. The second-order valence-corrected chi connectivity index (χ2v) is 4.22. The molecule has 0 amide bonds. The zero-order chi connectivity index (χ0) is 12.1. The first-order chi connectivity index (χ1) is 7.85. The van der Waals surface area contributed by atoms with E-state index in [1.165, 1.54) is 38.5 Å². The summed E-state index contributed by atoms with van der Waals surface area (Å²) in [5, 5.41) is 0. The lowest BCUT2D eigenvalue weighted by atomic mass is 10.2. The molecule has 0 fully saturated rings. The Kier molecular flexibility index (Phi) is 12.1. The molecule has 0 unspecified atom stereocenters. The summed E-state index contributed by atoms with van der Waals surface area (Å²) >= 11 is 0. The molecule has 0 atom stereocenters. The summed E-state index contributed by atoms with van der Waals surface area (Å²) < 4.78 is 4.75. The van der Waals surface area contributed by atoms with Gasteiger partial charge in [0.2, 0.25) is 0 Å². The van der Waals surface area contributed by atoms with Gasteiger partial charge in [0.25, 0.3) is 6.47 Å². The van der Waals surface area contributed by atoms with Gasteiger partial charge in [-0.15, -0.1) is 0 Å². The highest BCUT2D eigenvalue weighted by atomic mass is 16.5. The first-order valence-corrected chi connectivity index (χ1v) is 6.62. The van der Waals surface area contributed by atoms with Crippen molar-refractivity contribution in [3.05, 3.63) is 0 Å². The monoisotopic (exact) mass is 229 g/mol. The highest BCUT2D eigenvalue weighted by Gasteiger charge is 2.03. The van der Waals surface area contributed by atoms with Crippen molar-refractivity contribution in [2.24, 2.45) is 0 Å². The lowest BCUT2D eigenvalue weighted by Crippen LogP contribution is -2.29. The second-order valence-electron chi connectivity index (χ2n) is 4.22. The second kappa shape index (κ2) is 12.5. The molecule has 3 heteroatoms. The van der Waals surface area contributed by atoms with Gasteiger partial charge >= 0.3 is 0 Å². The third kappa shape index (κ3) is 9.97. The first-order valence-electron chi connectivity index (χ1n) is 6.62. The van der Waals surface area contributed by atoms with E-state index in [9.17, 15) is 4.79 Å². The number of unbranched alkanes of at least 4 members (excludes halogenated alkanes) is 4. The number of carbonyl (C=O) groups excluding carboxylic acids is 1. The zero-order valence-corrected chi connectivity index (χ0v) is 10.9. The standard InChI is InChI=1S/C13H27NO2/c1-3-5-7-9-14(10-8-6-4-2)11-12-16-13-15/h13H,3-12H2,1-2H3. The van der Waals surface area contributed by atoms with Crippen LogP contribution in [0.3, 0.4) is 0 Å². The van der Waals surface area contributed by atoms with Gasteiger partial charge in [0, 0.05) is 6.54 Å². The van der Waals surface area contributed by atoms with Crippen molar-refractivity contribution in [1.29, 1.82) is 0 Å². The van der Waals surface area contributed by atoms with Gasteiger partial charge in [0.1, 0.15) is 6.61 Å². The molecule has 0 aliphatic heterocycles. The van der Waals surface area contributed by atoms with Crippen LogP contribution in [0.2, 0.25) is 0 Å². The normalized spacial score (nSPS) is 10.7. The van der Waals surface area contributed by atoms with Crippen molar-refractivity contribution in [3.8, 4) is 0 Å². The van der Waals surface area contributed by atoms with Gasteiger partial charge < -0.3 is 4.74 Å². The molecule has 0 spiro atoms. The largest absolute Gasteiger partial charge is 0.467 e. The Balaban J connectivity index is 3.62. The number of nitrogens with zero attached hydrogens (tertiary/aromatic N) is 1. The molecular weight excluding hydrogens is 202 g/mol. The summed E-state index contributed by atoms with van der Waals surface area (Å²) in [6.45, 7) is 8.66. The molecule has 0 bridgehead atoms. The molecule has 0 aliphatic carbocycles. The van der Waals surface area contributed by atoms with Crippen molar-refractivity contribution >= 4 is 6.47 Å². The molecule has 0 N–H and O–H groups in total. The Labute approximate surface area is 100 Å². The van der Waals surface area contributed by atoms with Crippen molar-refractivity contribution < 1.29 is 9.53 Å². The minimum absolute atomic E-state index is 0.530. The van der Waals surface area contributed by atoms with Crippen LogP contribution in [0.25, 0.3) is 0 Å². The summed E-state index contributed by atoms with van der Waals surface area (Å²) in [6.07, 6.45) is 7.60. The van der Waals surface area contributed by atoms with Crippen LogP contribution in [0.15, 0.2) is 0 Å². The number of rotatable bonds is 12. The van der Waals surface area contributed by atoms with E-state index in [-0.39, 0.29) is 0 Å². The van der Waals surface area contributed by atoms with Crippen LogP contribution in [0, 0.1) is 0 Å². The van der Waals surface area contributed by atoms with Gasteiger partial charge in [-0.3, -0.25) is 9.69 Å². The van der Waals surface area contributed by atoms with Crippen LogP contribution in [-0.4, -0.2) is 37.6 Å². The maximum Gasteiger partial charge on any atom is 0.293 e. The highest BCUT2D eigenvalue weighted by Crippen LogP contribution is 2.02. The highest BCUT2D eigenvalue weighted by molar-refractivity contribution is 5.36. The van der Waals surface area contributed by atoms with Crippen LogP contribution < -0.4 is 0 Å². The van der Waals surface area contributed by atoms with Crippen LogP contribution in [0.1, 0.15) is 52.4 Å². The summed E-state index contributed by atoms with van der Waals surface area (Å²) in [7, 11) is 0. The molecule has 0 aromatic carbocycles. The molecule has 16 heavy (non-hydrogen) atoms. The van der Waals surface area contributed by atoms with E-state index in [4.69, 9.17) is 4.74 Å². The Morgan fingerprint density at radius 3 is 1.94 bits per heavy atom. The Morgan fingerprint density at radius 2 is 1.50 bits per heavy atom. The number of ether oxygens (including phenoxy) is 1. The van der Waals surface area contributed by atoms with Gasteiger partial charge in [0.05, 0.1) is 0 Å². The molecule has 0 aliphatic rings. The van der Waals surface area contributed by atoms with Gasteiger partial charge in [-0.1, -0.05) is 39.5 Å². The molecule has 0 saturated heterocycles. The number of carbonyl (C=O) groups is 1. The van der Waals surface area contributed by atoms with Gasteiger partial charge in [0.15, 0.2) is 0 Å². The van der Waals surface area contributed by atoms with E-state index in [0.29, 0.717) is 13.1 Å². The fourth-order valence-corrected chi connectivity index (χ4v) is 1.74. The lowest BCUT2D eigenvalue weighted by Gasteiger charge is -2.21. The SMILES string of the molecule is CCCCCN(CCCCC)CCOC=O. The fourth-order valence-electron chi connectivity index (χ4n) is 1.74. The van der Waals surface area contributed by atoms with Crippen LogP contribution in [0.4, 0.5) is 0 Å². The molecule has 0 radical (unpaired) electrons. The number of hydrogen-bond donors (Lipinski definition) is 0. The average Bonchev–Trinajstić information content (AvgIpc) is 2.29. The quantitative estimate of drug-likeness (QED) is 0.381. The van der Waals surface area contributed by atoms with Gasteiger partial charge in [-0.05, 0) is 25.9 Å². The van der Waals surface area contributed by atoms with E-state index in [1.807, 2.05) is 0 Å². The van der Waals surface area contributed by atoms with E-state index in [2.05, 4.69) is 18.7 Å². The smallest absolute Gasteiger partial charge is 0.293 e. The summed E-state index contributed by atoms with van der Waals surface area (Å²) in [4.78, 5) is 12.5. The lowest BCUT2D eigenvalue weighted by molar-refractivity contribution is -0.129. The summed E-state index contributed by atoms with van der Waals surface area (Å²) in [5.41, 5.74) is 0. The third-order valence-corrected chi connectivity index (χ3v) is 2.75. The molecule has 0 aromatic rings. The maximum atomic E-state index is 10.1. The molecule has 0 saturated carbocycles. The van der Waals surface area contributed by atoms with Crippen molar-refractivity contribution in [2.75, 3.05) is 26.2 Å². The predicted molar refractivity (Wildman–Crippen MR) is 67.5 cm³/mol. The first kappa shape index (κ1) is 15.4. The van der Waals surface area contributed by atoms with E-state index >= 15 is 0 Å². The van der Waals surface area contributed by atoms with E-state index in [1.54, 1.807) is 0 Å². The third-order valence-electron chi connectivity index (χ3n) is 2.75. The Hall–Kier alpha value is -0.570. The predicted octanol–water partition coefficient (Wildman–Crippen LogP) is 2.84. The minimum Gasteiger partial charge on any atom is -0.467 e. The molecule has 3 nitrogen and oxygen atoms in total. The van der Waals surface area contributed by atoms with Crippen LogP contribution in [0.5, 0.6) is 0 Å². The fraction of sp³-hybridized carbons (Fsp3) is 0.923. The molecule has 0 rings (SSSR count). The Bertz CT molecular complexity index is 141. The van der Waals surface area contributed by atoms with E-state index < -0.39 is 0 Å². The van der Waals surface area contributed by atoms with Crippen LogP contribution in [-0.2, 0) is 9.53 Å². The molecule has 96 valence electrons. The topological polar surface area (TPSA) is 29.5 Å². The van der Waals surface area contributed by atoms with Gasteiger partial charge in [-0.25, -0.2) is 0 Å². The number of hydrogen-bond acceptors (Lipinski definition) is 3. The maximum absolute atomic E-state index is 10.1. The van der Waals surface area contributed by atoms with E-state index in [0.717, 1.165) is 19.6 Å². The minimum atomic E-state index is 0.530. The molecule has 0 heterocycles. The van der Waals surface area contributed by atoms with Gasteiger partial charge in [-0.2, -0.15) is 0 Å². The Morgan fingerprint density at radius 1 is 0.938 bits per heavy atom. The van der Waals surface area contributed by atoms with Crippen molar-refractivity contribution in [2.45, 2.75) is 52.4 Å². The molecule has 0 aromatic heterocycles. The summed E-state index contributed by atoms with van der Waals surface area (Å²) in [5.74, 6) is 0.